The maximum atomic E-state index is 12.8. The van der Waals surface area contributed by atoms with Gasteiger partial charge >= 0.3 is 6.03 Å². The summed E-state index contributed by atoms with van der Waals surface area (Å²) in [5.74, 6) is 0.413. The molecule has 0 bridgehead atoms. The van der Waals surface area contributed by atoms with Crippen LogP contribution in [-0.2, 0) is 11.3 Å². The van der Waals surface area contributed by atoms with E-state index in [1.807, 2.05) is 47.4 Å². The number of nitrogens with zero attached hydrogens (tertiary/aromatic N) is 5. The van der Waals surface area contributed by atoms with E-state index >= 15 is 0 Å². The van der Waals surface area contributed by atoms with Gasteiger partial charge in [0.05, 0.1) is 0 Å². The van der Waals surface area contributed by atoms with E-state index in [4.69, 9.17) is 16.6 Å². The van der Waals surface area contributed by atoms with Crippen molar-refractivity contribution in [1.29, 1.82) is 0 Å². The molecule has 0 spiro atoms. The molecule has 2 aromatic carbocycles. The highest BCUT2D eigenvalue weighted by Crippen LogP contribution is 2.29. The van der Waals surface area contributed by atoms with Crippen molar-refractivity contribution in [2.45, 2.75) is 18.8 Å². The Morgan fingerprint density at radius 2 is 1.62 bits per heavy atom. The van der Waals surface area contributed by atoms with E-state index in [-0.39, 0.29) is 5.91 Å². The molecule has 0 aromatic heterocycles. The van der Waals surface area contributed by atoms with Crippen LogP contribution in [0.1, 0.15) is 5.56 Å². The lowest BCUT2D eigenvalue weighted by Crippen LogP contribution is -2.64. The van der Waals surface area contributed by atoms with Crippen LogP contribution in [0.5, 0.6) is 0 Å². The summed E-state index contributed by atoms with van der Waals surface area (Å²) < 4.78 is 0. The van der Waals surface area contributed by atoms with Crippen LogP contribution >= 0.6 is 11.6 Å². The molecule has 2 aromatic rings. The van der Waals surface area contributed by atoms with Gasteiger partial charge in [0, 0.05) is 50.5 Å². The van der Waals surface area contributed by atoms with Gasteiger partial charge in [0.1, 0.15) is 0 Å². The van der Waals surface area contributed by atoms with Crippen molar-refractivity contribution < 1.29 is 9.59 Å². The molecule has 3 heterocycles. The van der Waals surface area contributed by atoms with Gasteiger partial charge in [-0.25, -0.2) is 9.79 Å². The number of hydrogen-bond donors (Lipinski definition) is 1. The van der Waals surface area contributed by atoms with Crippen LogP contribution in [0.3, 0.4) is 0 Å². The Morgan fingerprint density at radius 3 is 2.34 bits per heavy atom. The van der Waals surface area contributed by atoms with Gasteiger partial charge in [-0.05, 0) is 23.8 Å². The molecule has 2 fully saturated rings. The van der Waals surface area contributed by atoms with E-state index in [0.29, 0.717) is 11.6 Å². The zero-order valence-corrected chi connectivity index (χ0v) is 18.6. The standard InChI is InChI=1S/C23H25ClN6O2/c1-27-20-19(21(31)26-23(27)32)30(15-16-7-5-6-10-18(16)24)22(25-20)29-13-11-28(12-14-29)17-8-3-2-4-9-17/h2-10,19-20H,11-15H2,1H3,(H,26,31,32). The normalized spacial score (nSPS) is 23.2. The molecule has 0 aliphatic carbocycles. The predicted octanol–water partition coefficient (Wildman–Crippen LogP) is 2.21. The average molecular weight is 453 g/mol. The Morgan fingerprint density at radius 1 is 0.969 bits per heavy atom. The van der Waals surface area contributed by atoms with Gasteiger partial charge in [-0.1, -0.05) is 48.0 Å². The summed E-state index contributed by atoms with van der Waals surface area (Å²) in [4.78, 5) is 38.0. The Hall–Kier alpha value is -3.26. The lowest BCUT2D eigenvalue weighted by atomic mass is 10.1. The number of hydrogen-bond acceptors (Lipinski definition) is 6. The van der Waals surface area contributed by atoms with Crippen molar-refractivity contribution in [2.75, 3.05) is 38.1 Å². The molecular weight excluding hydrogens is 428 g/mol. The summed E-state index contributed by atoms with van der Waals surface area (Å²) in [5, 5.41) is 3.10. The third-order valence-corrected chi connectivity index (χ3v) is 6.69. The molecular formula is C23H25ClN6O2. The summed E-state index contributed by atoms with van der Waals surface area (Å²) in [5.41, 5.74) is 2.12. The molecule has 2 unspecified atom stereocenters. The molecule has 5 rings (SSSR count). The third-order valence-electron chi connectivity index (χ3n) is 6.32. The summed E-state index contributed by atoms with van der Waals surface area (Å²) >= 11 is 6.43. The van der Waals surface area contributed by atoms with Gasteiger partial charge in [-0.2, -0.15) is 0 Å². The van der Waals surface area contributed by atoms with E-state index in [1.165, 1.54) is 10.6 Å². The first-order valence-corrected chi connectivity index (χ1v) is 11.1. The number of benzene rings is 2. The SMILES string of the molecule is CN1C(=O)NC(=O)C2C1N=C(N1CCN(c3ccccc3)CC1)N2Cc1ccccc1Cl. The lowest BCUT2D eigenvalue weighted by molar-refractivity contribution is -0.127. The van der Waals surface area contributed by atoms with Crippen molar-refractivity contribution in [1.82, 2.24) is 20.0 Å². The molecule has 1 N–H and O–H groups in total. The molecule has 9 heteroatoms. The second kappa shape index (κ2) is 8.35. The molecule has 8 nitrogen and oxygen atoms in total. The van der Waals surface area contributed by atoms with E-state index in [1.54, 1.807) is 7.05 Å². The van der Waals surface area contributed by atoms with Crippen molar-refractivity contribution in [3.05, 3.63) is 65.2 Å². The number of guanidine groups is 1. The van der Waals surface area contributed by atoms with Gasteiger partial charge < -0.3 is 19.6 Å². The maximum Gasteiger partial charge on any atom is 0.325 e. The number of likely N-dealkylation sites (N-methyl/N-ethyl adjacent to an activating group) is 1. The van der Waals surface area contributed by atoms with Gasteiger partial charge in [-0.15, -0.1) is 0 Å². The molecule has 0 radical (unpaired) electrons. The van der Waals surface area contributed by atoms with Crippen LogP contribution in [-0.4, -0.2) is 78.0 Å². The molecule has 3 aliphatic rings. The number of para-hydroxylation sites is 1. The zero-order valence-electron chi connectivity index (χ0n) is 17.8. The summed E-state index contributed by atoms with van der Waals surface area (Å²) in [6, 6.07) is 16.9. The Labute approximate surface area is 192 Å². The number of carbonyl (C=O) groups excluding carboxylic acids is 2. The van der Waals surface area contributed by atoms with E-state index in [2.05, 4.69) is 27.2 Å². The number of urea groups is 1. The lowest BCUT2D eigenvalue weighted by Gasteiger charge is -2.41. The maximum absolute atomic E-state index is 12.8. The molecule has 3 aliphatic heterocycles. The van der Waals surface area contributed by atoms with Crippen molar-refractivity contribution in [3.63, 3.8) is 0 Å². The fourth-order valence-electron chi connectivity index (χ4n) is 4.56. The minimum absolute atomic E-state index is 0.327. The minimum atomic E-state index is -0.587. The number of imide groups is 1. The molecule has 2 atom stereocenters. The van der Waals surface area contributed by atoms with Crippen LogP contribution in [0.15, 0.2) is 59.6 Å². The first-order chi connectivity index (χ1) is 15.5. The molecule has 32 heavy (non-hydrogen) atoms. The molecule has 2 saturated heterocycles. The molecule has 3 amide bonds. The highest BCUT2D eigenvalue weighted by Gasteiger charge is 2.50. The smallest absolute Gasteiger partial charge is 0.325 e. The minimum Gasteiger partial charge on any atom is -0.368 e. The summed E-state index contributed by atoms with van der Waals surface area (Å²) in [6.45, 7) is 3.67. The first kappa shape index (κ1) is 20.6. The first-order valence-electron chi connectivity index (χ1n) is 10.7. The van der Waals surface area contributed by atoms with E-state index in [0.717, 1.165) is 37.7 Å². The number of amides is 3. The van der Waals surface area contributed by atoms with Crippen molar-refractivity contribution in [3.8, 4) is 0 Å². The van der Waals surface area contributed by atoms with E-state index < -0.39 is 18.2 Å². The Bertz CT molecular complexity index is 1050. The molecule has 166 valence electrons. The highest BCUT2D eigenvalue weighted by molar-refractivity contribution is 6.31. The summed E-state index contributed by atoms with van der Waals surface area (Å²) in [7, 11) is 1.67. The quantitative estimate of drug-likeness (QED) is 0.773. The van der Waals surface area contributed by atoms with Crippen LogP contribution in [0, 0.1) is 0 Å². The number of halogens is 1. The fourth-order valence-corrected chi connectivity index (χ4v) is 4.75. The molecule has 0 saturated carbocycles. The van der Waals surface area contributed by atoms with Gasteiger partial charge in [0.15, 0.2) is 18.2 Å². The Kier molecular flexibility index (Phi) is 5.38. The van der Waals surface area contributed by atoms with Crippen LogP contribution in [0.2, 0.25) is 5.02 Å². The highest BCUT2D eigenvalue weighted by atomic mass is 35.5. The van der Waals surface area contributed by atoms with Gasteiger partial charge in [0.2, 0.25) is 0 Å². The number of aliphatic imine (C=N–C) groups is 1. The summed E-state index contributed by atoms with van der Waals surface area (Å²) in [6.07, 6.45) is -0.555. The number of piperazine rings is 1. The van der Waals surface area contributed by atoms with Crippen LogP contribution in [0.25, 0.3) is 0 Å². The number of rotatable bonds is 3. The van der Waals surface area contributed by atoms with Gasteiger partial charge in [0.25, 0.3) is 5.91 Å². The topological polar surface area (TPSA) is 71.5 Å². The predicted molar refractivity (Wildman–Crippen MR) is 124 cm³/mol. The van der Waals surface area contributed by atoms with E-state index in [9.17, 15) is 9.59 Å². The Balaban J connectivity index is 1.41. The second-order valence-electron chi connectivity index (χ2n) is 8.22. The third kappa shape index (κ3) is 3.64. The van der Waals surface area contributed by atoms with Gasteiger partial charge in [-0.3, -0.25) is 10.1 Å². The van der Waals surface area contributed by atoms with Crippen molar-refractivity contribution in [2.24, 2.45) is 4.99 Å². The second-order valence-corrected chi connectivity index (χ2v) is 8.63. The zero-order chi connectivity index (χ0) is 22.2. The van der Waals surface area contributed by atoms with Crippen molar-refractivity contribution >= 4 is 35.2 Å². The number of fused-ring (bicyclic) bond motifs is 1. The van der Waals surface area contributed by atoms with Crippen LogP contribution in [0.4, 0.5) is 10.5 Å². The number of carbonyl (C=O) groups is 2. The number of anilines is 1. The van der Waals surface area contributed by atoms with Crippen LogP contribution < -0.4 is 10.2 Å². The average Bonchev–Trinajstić information content (AvgIpc) is 3.20. The monoisotopic (exact) mass is 452 g/mol. The fraction of sp³-hybridized carbons (Fsp3) is 0.348. The largest absolute Gasteiger partial charge is 0.368 e. The number of nitrogens with one attached hydrogen (secondary N) is 1.